The molecule has 1 aromatic heterocycles. The first-order chi connectivity index (χ1) is 9.78. The number of methoxy groups -OCH3 is 1. The predicted molar refractivity (Wildman–Crippen MR) is 79.0 cm³/mol. The van der Waals surface area contributed by atoms with Gasteiger partial charge in [0.25, 0.3) is 0 Å². The number of aromatic nitrogens is 2. The molecule has 0 bridgehead atoms. The highest BCUT2D eigenvalue weighted by atomic mass is 16.5. The van der Waals surface area contributed by atoms with Gasteiger partial charge in [-0.2, -0.15) is 5.10 Å². The number of ether oxygens (including phenoxy) is 1. The van der Waals surface area contributed by atoms with Gasteiger partial charge in [-0.1, -0.05) is 19.1 Å². The zero-order valence-electron chi connectivity index (χ0n) is 11.9. The van der Waals surface area contributed by atoms with E-state index >= 15 is 0 Å². The summed E-state index contributed by atoms with van der Waals surface area (Å²) in [5.41, 5.74) is 1.82. The van der Waals surface area contributed by atoms with E-state index in [4.69, 9.17) is 4.74 Å². The Morgan fingerprint density at radius 3 is 2.90 bits per heavy atom. The minimum absolute atomic E-state index is 0.00410. The van der Waals surface area contributed by atoms with Crippen LogP contribution in [0.25, 0.3) is 0 Å². The van der Waals surface area contributed by atoms with Crippen LogP contribution in [0.4, 0.5) is 5.69 Å². The number of anilines is 1. The molecule has 0 spiro atoms. The van der Waals surface area contributed by atoms with Crippen LogP contribution in [-0.4, -0.2) is 28.6 Å². The molecule has 0 fully saturated rings. The predicted octanol–water partition coefficient (Wildman–Crippen LogP) is 2.45. The molecule has 0 saturated carbocycles. The normalized spacial score (nSPS) is 12.2. The number of benzene rings is 1. The largest absolute Gasteiger partial charge is 0.495 e. The molecule has 1 heterocycles. The highest BCUT2D eigenvalue weighted by molar-refractivity contribution is 5.57. The van der Waals surface area contributed by atoms with Crippen LogP contribution in [0.3, 0.4) is 0 Å². The number of rotatable bonds is 7. The highest BCUT2D eigenvalue weighted by Gasteiger charge is 2.14. The van der Waals surface area contributed by atoms with Gasteiger partial charge < -0.3 is 15.2 Å². The summed E-state index contributed by atoms with van der Waals surface area (Å²) in [7, 11) is 1.63. The van der Waals surface area contributed by atoms with Crippen molar-refractivity contribution in [1.29, 1.82) is 0 Å². The number of aliphatic hydroxyl groups excluding tert-OH is 1. The molecule has 108 valence electrons. The SMILES string of the molecule is CCCn1cc(C(CO)Nc2ccccc2OC)cn1. The molecule has 0 amide bonds. The van der Waals surface area contributed by atoms with Crippen LogP contribution >= 0.6 is 0 Å². The van der Waals surface area contributed by atoms with E-state index in [-0.39, 0.29) is 12.6 Å². The fourth-order valence-corrected chi connectivity index (χ4v) is 2.10. The molecule has 5 nitrogen and oxygen atoms in total. The molecule has 0 radical (unpaired) electrons. The van der Waals surface area contributed by atoms with Crippen LogP contribution in [0.5, 0.6) is 5.75 Å². The second-order valence-corrected chi connectivity index (χ2v) is 4.62. The molecule has 0 aliphatic rings. The first-order valence-corrected chi connectivity index (χ1v) is 6.81. The van der Waals surface area contributed by atoms with Gasteiger partial charge in [0.05, 0.1) is 31.6 Å². The molecule has 1 unspecified atom stereocenters. The van der Waals surface area contributed by atoms with E-state index in [2.05, 4.69) is 17.3 Å². The number of nitrogens with one attached hydrogen (secondary N) is 1. The minimum atomic E-state index is -0.197. The number of para-hydroxylation sites is 2. The summed E-state index contributed by atoms with van der Waals surface area (Å²) < 4.78 is 7.20. The molecule has 5 heteroatoms. The standard InChI is InChI=1S/C15H21N3O2/c1-3-8-18-10-12(9-16-18)14(11-19)17-13-6-4-5-7-15(13)20-2/h4-7,9-10,14,17,19H,3,8,11H2,1-2H3. The van der Waals surface area contributed by atoms with Gasteiger partial charge in [0.15, 0.2) is 0 Å². The van der Waals surface area contributed by atoms with Crippen LogP contribution in [-0.2, 0) is 6.54 Å². The van der Waals surface area contributed by atoms with Crippen molar-refractivity contribution in [2.24, 2.45) is 0 Å². The molecule has 2 N–H and O–H groups in total. The maximum Gasteiger partial charge on any atom is 0.141 e. The van der Waals surface area contributed by atoms with E-state index in [9.17, 15) is 5.11 Å². The van der Waals surface area contributed by atoms with Gasteiger partial charge in [-0.15, -0.1) is 0 Å². The van der Waals surface area contributed by atoms with E-state index in [1.54, 1.807) is 13.3 Å². The number of nitrogens with zero attached hydrogens (tertiary/aromatic N) is 2. The Kier molecular flexibility index (Phi) is 5.01. The summed E-state index contributed by atoms with van der Waals surface area (Å²) in [4.78, 5) is 0. The molecule has 0 aliphatic carbocycles. The number of aryl methyl sites for hydroxylation is 1. The van der Waals surface area contributed by atoms with Gasteiger partial charge in [-0.05, 0) is 18.6 Å². The molecular formula is C15H21N3O2. The van der Waals surface area contributed by atoms with Crippen LogP contribution in [0.15, 0.2) is 36.7 Å². The van der Waals surface area contributed by atoms with Crippen molar-refractivity contribution in [2.75, 3.05) is 19.0 Å². The van der Waals surface area contributed by atoms with Crippen molar-refractivity contribution in [3.05, 3.63) is 42.2 Å². The Balaban J connectivity index is 2.15. The van der Waals surface area contributed by atoms with E-state index in [1.807, 2.05) is 35.1 Å². The molecule has 1 aromatic carbocycles. The summed E-state index contributed by atoms with van der Waals surface area (Å²) in [5, 5.41) is 17.2. The van der Waals surface area contributed by atoms with Crippen LogP contribution < -0.4 is 10.1 Å². The Morgan fingerprint density at radius 2 is 2.20 bits per heavy atom. The lowest BCUT2D eigenvalue weighted by atomic mass is 10.1. The number of hydrogen-bond donors (Lipinski definition) is 2. The summed E-state index contributed by atoms with van der Waals surface area (Å²) in [5.74, 6) is 0.756. The topological polar surface area (TPSA) is 59.3 Å². The van der Waals surface area contributed by atoms with Crippen molar-refractivity contribution < 1.29 is 9.84 Å². The van der Waals surface area contributed by atoms with Crippen LogP contribution in [0, 0.1) is 0 Å². The minimum Gasteiger partial charge on any atom is -0.495 e. The third kappa shape index (κ3) is 3.30. The van der Waals surface area contributed by atoms with E-state index in [0.29, 0.717) is 0 Å². The first-order valence-electron chi connectivity index (χ1n) is 6.81. The van der Waals surface area contributed by atoms with Gasteiger partial charge in [0, 0.05) is 18.3 Å². The van der Waals surface area contributed by atoms with Gasteiger partial charge >= 0.3 is 0 Å². The van der Waals surface area contributed by atoms with Crippen LogP contribution in [0.1, 0.15) is 24.9 Å². The van der Waals surface area contributed by atoms with Crippen molar-refractivity contribution in [1.82, 2.24) is 9.78 Å². The average Bonchev–Trinajstić information content (AvgIpc) is 2.94. The fraction of sp³-hybridized carbons (Fsp3) is 0.400. The van der Waals surface area contributed by atoms with E-state index in [0.717, 1.165) is 30.0 Å². The van der Waals surface area contributed by atoms with Gasteiger partial charge in [-0.3, -0.25) is 4.68 Å². The lowest BCUT2D eigenvalue weighted by molar-refractivity contribution is 0.276. The molecule has 0 saturated heterocycles. The summed E-state index contributed by atoms with van der Waals surface area (Å²) >= 11 is 0. The summed E-state index contributed by atoms with van der Waals surface area (Å²) in [6.07, 6.45) is 4.79. The molecule has 2 rings (SSSR count). The Bertz CT molecular complexity index is 539. The molecule has 0 aliphatic heterocycles. The zero-order valence-corrected chi connectivity index (χ0v) is 11.9. The van der Waals surface area contributed by atoms with Gasteiger partial charge in [0.1, 0.15) is 5.75 Å². The van der Waals surface area contributed by atoms with E-state index < -0.39 is 0 Å². The lowest BCUT2D eigenvalue weighted by Gasteiger charge is -2.18. The molecule has 2 aromatic rings. The van der Waals surface area contributed by atoms with E-state index in [1.165, 1.54) is 0 Å². The van der Waals surface area contributed by atoms with Gasteiger partial charge in [-0.25, -0.2) is 0 Å². The average molecular weight is 275 g/mol. The quantitative estimate of drug-likeness (QED) is 0.815. The second kappa shape index (κ2) is 6.96. The smallest absolute Gasteiger partial charge is 0.141 e. The fourth-order valence-electron chi connectivity index (χ4n) is 2.10. The Labute approximate surface area is 119 Å². The summed E-state index contributed by atoms with van der Waals surface area (Å²) in [6.45, 7) is 2.99. The first kappa shape index (κ1) is 14.4. The van der Waals surface area contributed by atoms with Gasteiger partial charge in [0.2, 0.25) is 0 Å². The highest BCUT2D eigenvalue weighted by Crippen LogP contribution is 2.27. The van der Waals surface area contributed by atoms with Crippen LogP contribution in [0.2, 0.25) is 0 Å². The third-order valence-electron chi connectivity index (χ3n) is 3.13. The van der Waals surface area contributed by atoms with Crippen molar-refractivity contribution in [3.63, 3.8) is 0 Å². The molecule has 20 heavy (non-hydrogen) atoms. The lowest BCUT2D eigenvalue weighted by Crippen LogP contribution is -2.14. The molecular weight excluding hydrogens is 254 g/mol. The van der Waals surface area contributed by atoms with Crippen molar-refractivity contribution >= 4 is 5.69 Å². The summed E-state index contributed by atoms with van der Waals surface area (Å²) in [6, 6.07) is 7.46. The number of hydrogen-bond acceptors (Lipinski definition) is 4. The number of aliphatic hydroxyl groups is 1. The zero-order chi connectivity index (χ0) is 14.4. The Morgan fingerprint density at radius 1 is 1.40 bits per heavy atom. The third-order valence-corrected chi connectivity index (χ3v) is 3.13. The molecule has 1 atom stereocenters. The van der Waals surface area contributed by atoms with Crippen molar-refractivity contribution in [2.45, 2.75) is 25.9 Å². The maximum atomic E-state index is 9.60. The maximum absolute atomic E-state index is 9.60. The van der Waals surface area contributed by atoms with Crippen molar-refractivity contribution in [3.8, 4) is 5.75 Å². The monoisotopic (exact) mass is 275 g/mol. The second-order valence-electron chi connectivity index (χ2n) is 4.62. The Hall–Kier alpha value is -2.01.